The van der Waals surface area contributed by atoms with Crippen LogP contribution in [-0.2, 0) is 4.79 Å². The fourth-order valence-corrected chi connectivity index (χ4v) is 2.14. The maximum atomic E-state index is 12.4. The number of rotatable bonds is 5. The SMILES string of the molecule is CCCNC(=O)C(c1ccccc1)c1ccccc1. The van der Waals surface area contributed by atoms with Crippen molar-refractivity contribution in [1.29, 1.82) is 0 Å². The molecule has 1 N–H and O–H groups in total. The standard InChI is InChI=1S/C17H19NO/c1-2-13-18-17(19)16(14-9-5-3-6-10-14)15-11-7-4-8-12-15/h3-12,16H,2,13H2,1H3,(H,18,19). The zero-order valence-corrected chi connectivity index (χ0v) is 11.2. The highest BCUT2D eigenvalue weighted by molar-refractivity contribution is 5.87. The Hall–Kier alpha value is -2.09. The molecular formula is C17H19NO. The van der Waals surface area contributed by atoms with Crippen LogP contribution in [0.3, 0.4) is 0 Å². The van der Waals surface area contributed by atoms with Gasteiger partial charge in [-0.25, -0.2) is 0 Å². The van der Waals surface area contributed by atoms with Crippen molar-refractivity contribution in [3.8, 4) is 0 Å². The Morgan fingerprint density at radius 2 is 1.42 bits per heavy atom. The number of hydrogen-bond donors (Lipinski definition) is 1. The molecule has 2 aromatic rings. The van der Waals surface area contributed by atoms with E-state index in [0.717, 1.165) is 24.1 Å². The molecule has 0 saturated carbocycles. The first-order chi connectivity index (χ1) is 9.33. The lowest BCUT2D eigenvalue weighted by atomic mass is 9.90. The van der Waals surface area contributed by atoms with E-state index in [0.29, 0.717) is 0 Å². The fraction of sp³-hybridized carbons (Fsp3) is 0.235. The van der Waals surface area contributed by atoms with E-state index < -0.39 is 0 Å². The van der Waals surface area contributed by atoms with Gasteiger partial charge in [-0.05, 0) is 17.5 Å². The van der Waals surface area contributed by atoms with Crippen LogP contribution in [0.1, 0.15) is 30.4 Å². The third-order valence-electron chi connectivity index (χ3n) is 3.08. The van der Waals surface area contributed by atoms with Crippen molar-refractivity contribution < 1.29 is 4.79 Å². The van der Waals surface area contributed by atoms with E-state index in [4.69, 9.17) is 0 Å². The maximum Gasteiger partial charge on any atom is 0.232 e. The lowest BCUT2D eigenvalue weighted by Gasteiger charge is -2.17. The molecule has 0 aliphatic carbocycles. The topological polar surface area (TPSA) is 29.1 Å². The Balaban J connectivity index is 2.31. The summed E-state index contributed by atoms with van der Waals surface area (Å²) in [5, 5.41) is 2.99. The van der Waals surface area contributed by atoms with Crippen LogP contribution in [0.25, 0.3) is 0 Å². The first kappa shape index (κ1) is 13.3. The molecule has 0 aliphatic heterocycles. The zero-order valence-electron chi connectivity index (χ0n) is 11.2. The largest absolute Gasteiger partial charge is 0.355 e. The summed E-state index contributed by atoms with van der Waals surface area (Å²) in [5.41, 5.74) is 2.06. The molecule has 1 amide bonds. The number of carbonyl (C=O) groups is 1. The molecule has 0 aliphatic rings. The van der Waals surface area contributed by atoms with Gasteiger partial charge in [0.25, 0.3) is 0 Å². The molecule has 0 spiro atoms. The van der Waals surface area contributed by atoms with E-state index in [1.165, 1.54) is 0 Å². The van der Waals surface area contributed by atoms with Crippen LogP contribution in [0.15, 0.2) is 60.7 Å². The maximum absolute atomic E-state index is 12.4. The van der Waals surface area contributed by atoms with Gasteiger partial charge in [-0.15, -0.1) is 0 Å². The van der Waals surface area contributed by atoms with Gasteiger partial charge in [0.05, 0.1) is 5.92 Å². The van der Waals surface area contributed by atoms with Gasteiger partial charge in [0.2, 0.25) is 5.91 Å². The number of hydrogen-bond acceptors (Lipinski definition) is 1. The first-order valence-electron chi connectivity index (χ1n) is 6.70. The first-order valence-corrected chi connectivity index (χ1v) is 6.70. The van der Waals surface area contributed by atoms with Gasteiger partial charge in [0.1, 0.15) is 0 Å². The van der Waals surface area contributed by atoms with Crippen LogP contribution < -0.4 is 5.32 Å². The number of carbonyl (C=O) groups excluding carboxylic acids is 1. The Morgan fingerprint density at radius 1 is 0.947 bits per heavy atom. The third kappa shape index (κ3) is 3.44. The highest BCUT2D eigenvalue weighted by atomic mass is 16.1. The molecule has 0 fully saturated rings. The van der Waals surface area contributed by atoms with E-state index in [9.17, 15) is 4.79 Å². The molecule has 98 valence electrons. The Labute approximate surface area is 114 Å². The molecule has 2 rings (SSSR count). The monoisotopic (exact) mass is 253 g/mol. The van der Waals surface area contributed by atoms with Crippen LogP contribution in [-0.4, -0.2) is 12.5 Å². The third-order valence-corrected chi connectivity index (χ3v) is 3.08. The minimum atomic E-state index is -0.228. The molecule has 2 heteroatoms. The van der Waals surface area contributed by atoms with E-state index >= 15 is 0 Å². The second kappa shape index (κ2) is 6.74. The molecule has 2 nitrogen and oxygen atoms in total. The normalized spacial score (nSPS) is 10.4. The molecule has 0 bridgehead atoms. The summed E-state index contributed by atoms with van der Waals surface area (Å²) in [6, 6.07) is 19.8. The fourth-order valence-electron chi connectivity index (χ4n) is 2.14. The van der Waals surface area contributed by atoms with Crippen molar-refractivity contribution in [2.45, 2.75) is 19.3 Å². The van der Waals surface area contributed by atoms with Crippen molar-refractivity contribution >= 4 is 5.91 Å². The highest BCUT2D eigenvalue weighted by Crippen LogP contribution is 2.24. The number of nitrogens with one attached hydrogen (secondary N) is 1. The van der Waals surface area contributed by atoms with Crippen LogP contribution in [0, 0.1) is 0 Å². The average molecular weight is 253 g/mol. The van der Waals surface area contributed by atoms with E-state index in [-0.39, 0.29) is 11.8 Å². The lowest BCUT2D eigenvalue weighted by molar-refractivity contribution is -0.121. The van der Waals surface area contributed by atoms with E-state index in [1.54, 1.807) is 0 Å². The van der Waals surface area contributed by atoms with Crippen molar-refractivity contribution in [2.75, 3.05) is 6.54 Å². The summed E-state index contributed by atoms with van der Waals surface area (Å²) in [6.45, 7) is 2.77. The molecular weight excluding hydrogens is 234 g/mol. The van der Waals surface area contributed by atoms with Gasteiger partial charge in [-0.3, -0.25) is 4.79 Å². The molecule has 19 heavy (non-hydrogen) atoms. The van der Waals surface area contributed by atoms with Crippen molar-refractivity contribution in [3.05, 3.63) is 71.8 Å². The van der Waals surface area contributed by atoms with Gasteiger partial charge in [-0.1, -0.05) is 67.6 Å². The average Bonchev–Trinajstić information content (AvgIpc) is 2.47. The van der Waals surface area contributed by atoms with E-state index in [2.05, 4.69) is 12.2 Å². The van der Waals surface area contributed by atoms with Gasteiger partial charge in [0, 0.05) is 6.54 Å². The van der Waals surface area contributed by atoms with Gasteiger partial charge in [-0.2, -0.15) is 0 Å². The quantitative estimate of drug-likeness (QED) is 0.870. The predicted molar refractivity (Wildman–Crippen MR) is 78.0 cm³/mol. The second-order valence-electron chi connectivity index (χ2n) is 4.55. The highest BCUT2D eigenvalue weighted by Gasteiger charge is 2.21. The zero-order chi connectivity index (χ0) is 13.5. The molecule has 2 aromatic carbocycles. The molecule has 0 atom stereocenters. The summed E-state index contributed by atoms with van der Waals surface area (Å²) in [6.07, 6.45) is 0.946. The Morgan fingerprint density at radius 3 is 1.84 bits per heavy atom. The van der Waals surface area contributed by atoms with Crippen LogP contribution in [0.4, 0.5) is 0 Å². The molecule has 0 aromatic heterocycles. The minimum Gasteiger partial charge on any atom is -0.355 e. The van der Waals surface area contributed by atoms with Gasteiger partial charge in [0.15, 0.2) is 0 Å². The van der Waals surface area contributed by atoms with Crippen molar-refractivity contribution in [1.82, 2.24) is 5.32 Å². The Kier molecular flexibility index (Phi) is 4.73. The summed E-state index contributed by atoms with van der Waals surface area (Å²) < 4.78 is 0. The smallest absolute Gasteiger partial charge is 0.232 e. The van der Waals surface area contributed by atoms with E-state index in [1.807, 2.05) is 60.7 Å². The number of amides is 1. The van der Waals surface area contributed by atoms with Gasteiger partial charge >= 0.3 is 0 Å². The lowest BCUT2D eigenvalue weighted by Crippen LogP contribution is -2.30. The van der Waals surface area contributed by atoms with Crippen LogP contribution in [0.2, 0.25) is 0 Å². The predicted octanol–water partition coefficient (Wildman–Crippen LogP) is 3.34. The van der Waals surface area contributed by atoms with Gasteiger partial charge < -0.3 is 5.32 Å². The second-order valence-corrected chi connectivity index (χ2v) is 4.55. The van der Waals surface area contributed by atoms with Crippen molar-refractivity contribution in [2.24, 2.45) is 0 Å². The molecule has 0 unspecified atom stereocenters. The van der Waals surface area contributed by atoms with Crippen molar-refractivity contribution in [3.63, 3.8) is 0 Å². The summed E-state index contributed by atoms with van der Waals surface area (Å²) >= 11 is 0. The van der Waals surface area contributed by atoms with Crippen LogP contribution in [0.5, 0.6) is 0 Å². The van der Waals surface area contributed by atoms with Crippen LogP contribution >= 0.6 is 0 Å². The Bertz CT molecular complexity index is 468. The number of benzene rings is 2. The molecule has 0 heterocycles. The summed E-state index contributed by atoms with van der Waals surface area (Å²) in [5.74, 6) is -0.159. The molecule has 0 saturated heterocycles. The summed E-state index contributed by atoms with van der Waals surface area (Å²) in [4.78, 5) is 12.4. The summed E-state index contributed by atoms with van der Waals surface area (Å²) in [7, 11) is 0. The minimum absolute atomic E-state index is 0.0688. The molecule has 0 radical (unpaired) electrons.